The van der Waals surface area contributed by atoms with E-state index in [1.54, 1.807) is 12.1 Å². The second kappa shape index (κ2) is 2.49. The number of rotatable bonds is 1. The molecule has 0 aliphatic carbocycles. The van der Waals surface area contributed by atoms with Crippen LogP contribution in [0, 0.1) is 0 Å². The second-order valence-corrected chi connectivity index (χ2v) is 2.58. The Morgan fingerprint density at radius 3 is 3.08 bits per heavy atom. The zero-order chi connectivity index (χ0) is 8.55. The summed E-state index contributed by atoms with van der Waals surface area (Å²) in [6.07, 6.45) is 0. The third-order valence-corrected chi connectivity index (χ3v) is 1.79. The van der Waals surface area contributed by atoms with E-state index in [-0.39, 0.29) is 5.63 Å². The van der Waals surface area contributed by atoms with Crippen LogP contribution in [0.3, 0.4) is 0 Å². The Bertz CT molecular complexity index is 455. The van der Waals surface area contributed by atoms with Crippen molar-refractivity contribution in [1.29, 1.82) is 0 Å². The Balaban J connectivity index is 2.77. The zero-order valence-electron chi connectivity index (χ0n) is 6.33. The smallest absolute Gasteiger partial charge is 0.338 e. The van der Waals surface area contributed by atoms with Crippen LogP contribution in [0.25, 0.3) is 10.9 Å². The Kier molecular flexibility index (Phi) is 1.48. The molecule has 1 aromatic heterocycles. The molecule has 0 saturated carbocycles. The van der Waals surface area contributed by atoms with Crippen LogP contribution in [-0.4, -0.2) is 5.16 Å². The molecule has 4 heteroatoms. The molecule has 0 saturated heterocycles. The fourth-order valence-corrected chi connectivity index (χ4v) is 1.14. The molecular weight excluding hydrogens is 156 g/mol. The summed E-state index contributed by atoms with van der Waals surface area (Å²) in [5, 5.41) is 3.08. The summed E-state index contributed by atoms with van der Waals surface area (Å²) in [4.78, 5) is 10.9. The van der Waals surface area contributed by atoms with E-state index in [4.69, 9.17) is 5.73 Å². The fraction of sp³-hybridized carbons (Fsp3) is 0.125. The summed E-state index contributed by atoms with van der Waals surface area (Å²) >= 11 is 0. The number of benzene rings is 1. The summed E-state index contributed by atoms with van der Waals surface area (Å²) in [7, 11) is 0. The number of H-pyrrole nitrogens is 1. The molecule has 62 valence electrons. The van der Waals surface area contributed by atoms with Gasteiger partial charge in [-0.2, -0.15) is 0 Å². The maximum Gasteiger partial charge on any atom is 0.365 e. The monoisotopic (exact) mass is 164 g/mol. The summed E-state index contributed by atoms with van der Waals surface area (Å²) in [5.41, 5.74) is 6.75. The van der Waals surface area contributed by atoms with Gasteiger partial charge in [0.15, 0.2) is 0 Å². The molecular formula is C8H8N2O2. The molecule has 2 aromatic rings. The molecule has 0 spiro atoms. The molecule has 1 heterocycles. The minimum atomic E-state index is -0.339. The van der Waals surface area contributed by atoms with Gasteiger partial charge in [-0.05, 0) is 17.7 Å². The van der Waals surface area contributed by atoms with E-state index in [0.717, 1.165) is 5.56 Å². The van der Waals surface area contributed by atoms with Gasteiger partial charge in [-0.1, -0.05) is 6.07 Å². The molecule has 4 nitrogen and oxygen atoms in total. The number of nitrogens with two attached hydrogens (primary N) is 1. The van der Waals surface area contributed by atoms with Crippen molar-refractivity contribution in [3.63, 3.8) is 0 Å². The van der Waals surface area contributed by atoms with Crippen LogP contribution in [0.15, 0.2) is 27.5 Å². The highest BCUT2D eigenvalue weighted by molar-refractivity contribution is 5.77. The molecule has 0 aliphatic heterocycles. The first kappa shape index (κ1) is 7.12. The molecule has 0 amide bonds. The van der Waals surface area contributed by atoms with Gasteiger partial charge < -0.3 is 10.3 Å². The van der Waals surface area contributed by atoms with Crippen molar-refractivity contribution >= 4 is 10.9 Å². The average Bonchev–Trinajstić information content (AvgIpc) is 2.47. The van der Waals surface area contributed by atoms with Gasteiger partial charge in [0.25, 0.3) is 0 Å². The minimum absolute atomic E-state index is 0.339. The van der Waals surface area contributed by atoms with Gasteiger partial charge in [-0.3, -0.25) is 0 Å². The molecule has 0 unspecified atom stereocenters. The van der Waals surface area contributed by atoms with E-state index in [2.05, 4.69) is 9.68 Å². The van der Waals surface area contributed by atoms with Crippen LogP contribution in [0.5, 0.6) is 0 Å². The third kappa shape index (κ3) is 0.931. The predicted octanol–water partition coefficient (Wildman–Crippen LogP) is 0.580. The lowest BCUT2D eigenvalue weighted by Gasteiger charge is -1.92. The van der Waals surface area contributed by atoms with Crippen molar-refractivity contribution in [2.45, 2.75) is 6.54 Å². The maximum absolute atomic E-state index is 10.9. The van der Waals surface area contributed by atoms with E-state index < -0.39 is 0 Å². The summed E-state index contributed by atoms with van der Waals surface area (Å²) in [5.74, 6) is 0. The largest absolute Gasteiger partial charge is 0.365 e. The van der Waals surface area contributed by atoms with Gasteiger partial charge in [0.1, 0.15) is 0 Å². The van der Waals surface area contributed by atoms with Crippen LogP contribution in [0.1, 0.15) is 5.56 Å². The van der Waals surface area contributed by atoms with Gasteiger partial charge in [0.2, 0.25) is 0 Å². The van der Waals surface area contributed by atoms with Crippen molar-refractivity contribution in [2.75, 3.05) is 0 Å². The predicted molar refractivity (Wildman–Crippen MR) is 44.7 cm³/mol. The molecule has 0 atom stereocenters. The van der Waals surface area contributed by atoms with Crippen LogP contribution < -0.4 is 11.4 Å². The standard InChI is InChI=1S/C8H8N2O2/c9-4-5-1-2-6-7(3-5)10-12-8(6)11/h1-3,10H,4,9H2. The number of nitrogens with one attached hydrogen (secondary N) is 1. The fourth-order valence-electron chi connectivity index (χ4n) is 1.14. The number of hydrogen-bond acceptors (Lipinski definition) is 3. The van der Waals surface area contributed by atoms with Crippen molar-refractivity contribution in [1.82, 2.24) is 5.16 Å². The van der Waals surface area contributed by atoms with Crippen molar-refractivity contribution in [3.05, 3.63) is 34.2 Å². The van der Waals surface area contributed by atoms with Gasteiger partial charge in [-0.15, -0.1) is 0 Å². The molecule has 0 bridgehead atoms. The molecule has 1 aromatic carbocycles. The Hall–Kier alpha value is -1.55. The second-order valence-electron chi connectivity index (χ2n) is 2.58. The average molecular weight is 164 g/mol. The lowest BCUT2D eigenvalue weighted by atomic mass is 10.2. The van der Waals surface area contributed by atoms with Crippen molar-refractivity contribution in [2.24, 2.45) is 5.73 Å². The minimum Gasteiger partial charge on any atom is -0.338 e. The lowest BCUT2D eigenvalue weighted by Crippen LogP contribution is -1.96. The van der Waals surface area contributed by atoms with E-state index in [9.17, 15) is 4.79 Å². The highest BCUT2D eigenvalue weighted by Crippen LogP contribution is 2.09. The zero-order valence-corrected chi connectivity index (χ0v) is 6.33. The van der Waals surface area contributed by atoms with Crippen LogP contribution in [-0.2, 0) is 6.54 Å². The molecule has 0 radical (unpaired) electrons. The van der Waals surface area contributed by atoms with E-state index >= 15 is 0 Å². The van der Waals surface area contributed by atoms with Gasteiger partial charge in [0.05, 0.1) is 10.9 Å². The van der Waals surface area contributed by atoms with E-state index in [0.29, 0.717) is 17.4 Å². The van der Waals surface area contributed by atoms with Crippen LogP contribution in [0.2, 0.25) is 0 Å². The molecule has 2 rings (SSSR count). The summed E-state index contributed by atoms with van der Waals surface area (Å²) < 4.78 is 4.59. The first-order valence-corrected chi connectivity index (χ1v) is 3.61. The third-order valence-electron chi connectivity index (χ3n) is 1.79. The number of fused-ring (bicyclic) bond motifs is 1. The maximum atomic E-state index is 10.9. The number of aromatic amines is 1. The van der Waals surface area contributed by atoms with Crippen LogP contribution >= 0.6 is 0 Å². The molecule has 0 fully saturated rings. The topological polar surface area (TPSA) is 72.0 Å². The Morgan fingerprint density at radius 2 is 2.33 bits per heavy atom. The number of aromatic nitrogens is 1. The SMILES string of the molecule is NCc1ccc2c(=O)o[nH]c2c1. The highest BCUT2D eigenvalue weighted by Gasteiger charge is 2.01. The number of hydrogen-bond donors (Lipinski definition) is 2. The van der Waals surface area contributed by atoms with Gasteiger partial charge in [0, 0.05) is 6.54 Å². The molecule has 0 aliphatic rings. The summed E-state index contributed by atoms with van der Waals surface area (Å²) in [6.45, 7) is 0.461. The normalized spacial score (nSPS) is 10.8. The first-order chi connectivity index (χ1) is 5.81. The quantitative estimate of drug-likeness (QED) is 0.647. The Labute approximate surface area is 67.9 Å². The summed E-state index contributed by atoms with van der Waals surface area (Å²) in [6, 6.07) is 5.33. The van der Waals surface area contributed by atoms with Gasteiger partial charge >= 0.3 is 5.63 Å². The van der Waals surface area contributed by atoms with Crippen molar-refractivity contribution < 1.29 is 4.52 Å². The highest BCUT2D eigenvalue weighted by atomic mass is 16.5. The van der Waals surface area contributed by atoms with Gasteiger partial charge in [-0.25, -0.2) is 9.95 Å². The lowest BCUT2D eigenvalue weighted by molar-refractivity contribution is 0.400. The first-order valence-electron chi connectivity index (χ1n) is 3.61. The molecule has 12 heavy (non-hydrogen) atoms. The van der Waals surface area contributed by atoms with E-state index in [1.807, 2.05) is 6.07 Å². The Morgan fingerprint density at radius 1 is 1.50 bits per heavy atom. The van der Waals surface area contributed by atoms with Crippen molar-refractivity contribution in [3.8, 4) is 0 Å². The van der Waals surface area contributed by atoms with Crippen LogP contribution in [0.4, 0.5) is 0 Å². The molecule has 3 N–H and O–H groups in total. The van der Waals surface area contributed by atoms with E-state index in [1.165, 1.54) is 0 Å².